The summed E-state index contributed by atoms with van der Waals surface area (Å²) in [6.07, 6.45) is 3.77. The first-order valence-corrected chi connectivity index (χ1v) is 9.93. The lowest BCUT2D eigenvalue weighted by Crippen LogP contribution is -2.33. The Morgan fingerprint density at radius 1 is 1.28 bits per heavy atom. The Labute approximate surface area is 168 Å². The number of hydrogen-bond acceptors (Lipinski definition) is 4. The highest BCUT2D eigenvalue weighted by molar-refractivity contribution is 6.11. The smallest absolute Gasteiger partial charge is 0.259 e. The molecule has 6 nitrogen and oxygen atoms in total. The van der Waals surface area contributed by atoms with Crippen molar-refractivity contribution in [3.8, 4) is 0 Å². The summed E-state index contributed by atoms with van der Waals surface area (Å²) in [6.45, 7) is 6.94. The standard InChI is InChI=1S/C23H23N3O3/c1-13(2)10-25-11-15-20-16(6-4-7-18(20)25)24-17-12-26(14(3)27)23(28)22(17)21(15)19-8-5-9-29-19/h4-9,11,13,21,24H,10,12H2,1-3H3. The molecule has 1 atom stereocenters. The zero-order valence-electron chi connectivity index (χ0n) is 16.7. The van der Waals surface area contributed by atoms with Crippen LogP contribution in [0.5, 0.6) is 0 Å². The van der Waals surface area contributed by atoms with E-state index in [0.29, 0.717) is 17.3 Å². The predicted octanol–water partition coefficient (Wildman–Crippen LogP) is 4.09. The first-order chi connectivity index (χ1) is 14.0. The molecule has 2 aliphatic heterocycles. The molecule has 3 aromatic rings. The van der Waals surface area contributed by atoms with E-state index in [4.69, 9.17) is 4.42 Å². The Morgan fingerprint density at radius 3 is 2.79 bits per heavy atom. The number of rotatable bonds is 3. The Morgan fingerprint density at radius 2 is 2.10 bits per heavy atom. The minimum Gasteiger partial charge on any atom is -0.468 e. The number of anilines is 1. The zero-order chi connectivity index (χ0) is 20.3. The third-order valence-corrected chi connectivity index (χ3v) is 5.71. The van der Waals surface area contributed by atoms with E-state index in [9.17, 15) is 9.59 Å². The minimum absolute atomic E-state index is 0.251. The molecular weight excluding hydrogens is 366 g/mol. The topological polar surface area (TPSA) is 67.5 Å². The van der Waals surface area contributed by atoms with Crippen molar-refractivity contribution >= 4 is 28.4 Å². The maximum Gasteiger partial charge on any atom is 0.259 e. The van der Waals surface area contributed by atoms with Gasteiger partial charge in [-0.05, 0) is 35.7 Å². The van der Waals surface area contributed by atoms with Crippen LogP contribution >= 0.6 is 0 Å². The van der Waals surface area contributed by atoms with Gasteiger partial charge < -0.3 is 14.3 Å². The highest BCUT2D eigenvalue weighted by Gasteiger charge is 2.42. The Balaban J connectivity index is 1.78. The molecule has 1 unspecified atom stereocenters. The van der Waals surface area contributed by atoms with Crippen LogP contribution in [0.15, 0.2) is 58.5 Å². The lowest BCUT2D eigenvalue weighted by Gasteiger charge is -2.17. The number of carbonyl (C=O) groups is 2. The lowest BCUT2D eigenvalue weighted by molar-refractivity contribution is -0.139. The van der Waals surface area contributed by atoms with Crippen LogP contribution in [0, 0.1) is 5.92 Å². The summed E-state index contributed by atoms with van der Waals surface area (Å²) in [7, 11) is 0. The lowest BCUT2D eigenvalue weighted by atomic mass is 9.88. The number of nitrogens with zero attached hydrogens (tertiary/aromatic N) is 2. The van der Waals surface area contributed by atoms with Gasteiger partial charge in [-0.25, -0.2) is 0 Å². The molecule has 2 amide bonds. The number of benzene rings is 1. The van der Waals surface area contributed by atoms with Gasteiger partial charge in [0.1, 0.15) is 5.76 Å². The van der Waals surface area contributed by atoms with Crippen LogP contribution in [0.2, 0.25) is 0 Å². The van der Waals surface area contributed by atoms with Gasteiger partial charge in [0.05, 0.1) is 29.8 Å². The SMILES string of the molecule is CC(=O)N1CC2=C(C1=O)C(c1ccco1)c1cn(CC(C)C)c3cccc(c13)N2. The molecule has 0 aliphatic carbocycles. The average molecular weight is 389 g/mol. The molecule has 4 heterocycles. The van der Waals surface area contributed by atoms with E-state index in [2.05, 4.69) is 36.0 Å². The molecule has 29 heavy (non-hydrogen) atoms. The van der Waals surface area contributed by atoms with Crippen LogP contribution in [-0.2, 0) is 16.1 Å². The summed E-state index contributed by atoms with van der Waals surface area (Å²) in [4.78, 5) is 26.6. The Kier molecular flexibility index (Phi) is 3.91. The molecular formula is C23H23N3O3. The molecule has 6 heteroatoms. The molecule has 0 fully saturated rings. The fourth-order valence-corrected chi connectivity index (χ4v) is 4.57. The molecule has 0 spiro atoms. The van der Waals surface area contributed by atoms with Gasteiger partial charge in [0.2, 0.25) is 5.91 Å². The van der Waals surface area contributed by atoms with Crippen LogP contribution < -0.4 is 5.32 Å². The van der Waals surface area contributed by atoms with Crippen molar-refractivity contribution in [3.05, 3.63) is 65.4 Å². The fraction of sp³-hybridized carbons (Fsp3) is 0.304. The van der Waals surface area contributed by atoms with E-state index in [0.717, 1.165) is 34.4 Å². The van der Waals surface area contributed by atoms with E-state index < -0.39 is 0 Å². The minimum atomic E-state index is -0.357. The quantitative estimate of drug-likeness (QED) is 0.733. The van der Waals surface area contributed by atoms with Gasteiger partial charge in [-0.1, -0.05) is 19.9 Å². The molecule has 148 valence electrons. The van der Waals surface area contributed by atoms with Crippen LogP contribution in [0.3, 0.4) is 0 Å². The van der Waals surface area contributed by atoms with Gasteiger partial charge in [-0.2, -0.15) is 0 Å². The second-order valence-corrected chi connectivity index (χ2v) is 8.21. The molecule has 5 rings (SSSR count). The Bertz CT molecular complexity index is 1170. The summed E-state index contributed by atoms with van der Waals surface area (Å²) in [5, 5.41) is 4.57. The second kappa shape index (κ2) is 6.37. The molecule has 2 aliphatic rings. The first-order valence-electron chi connectivity index (χ1n) is 9.93. The van der Waals surface area contributed by atoms with Crippen LogP contribution in [0.4, 0.5) is 5.69 Å². The van der Waals surface area contributed by atoms with Crippen LogP contribution in [0.1, 0.15) is 38.0 Å². The van der Waals surface area contributed by atoms with E-state index >= 15 is 0 Å². The molecule has 1 aromatic carbocycles. The summed E-state index contributed by atoms with van der Waals surface area (Å²) in [6, 6.07) is 9.91. The monoisotopic (exact) mass is 389 g/mol. The van der Waals surface area contributed by atoms with E-state index in [1.807, 2.05) is 24.3 Å². The molecule has 0 saturated carbocycles. The zero-order valence-corrected chi connectivity index (χ0v) is 16.7. The average Bonchev–Trinajstić information content (AvgIpc) is 3.36. The molecule has 1 N–H and O–H groups in total. The van der Waals surface area contributed by atoms with Gasteiger partial charge in [0.15, 0.2) is 0 Å². The van der Waals surface area contributed by atoms with Crippen molar-refractivity contribution in [1.29, 1.82) is 0 Å². The number of amides is 2. The normalized spacial score (nSPS) is 18.4. The third-order valence-electron chi connectivity index (χ3n) is 5.71. The second-order valence-electron chi connectivity index (χ2n) is 8.21. The van der Waals surface area contributed by atoms with Gasteiger partial charge in [-0.15, -0.1) is 0 Å². The molecule has 0 radical (unpaired) electrons. The largest absolute Gasteiger partial charge is 0.468 e. The van der Waals surface area contributed by atoms with Gasteiger partial charge in [0, 0.05) is 36.4 Å². The van der Waals surface area contributed by atoms with Gasteiger partial charge >= 0.3 is 0 Å². The molecule has 2 aromatic heterocycles. The van der Waals surface area contributed by atoms with E-state index in [1.165, 1.54) is 11.8 Å². The van der Waals surface area contributed by atoms with E-state index in [1.54, 1.807) is 6.26 Å². The number of carbonyl (C=O) groups excluding carboxylic acids is 2. The van der Waals surface area contributed by atoms with Gasteiger partial charge in [-0.3, -0.25) is 14.5 Å². The maximum absolute atomic E-state index is 13.3. The van der Waals surface area contributed by atoms with Crippen molar-refractivity contribution in [2.75, 3.05) is 11.9 Å². The Hall–Kier alpha value is -3.28. The summed E-state index contributed by atoms with van der Waals surface area (Å²) in [5.41, 5.74) is 4.48. The number of nitrogens with one attached hydrogen (secondary N) is 1. The number of hydrogen-bond donors (Lipinski definition) is 1. The third kappa shape index (κ3) is 2.63. The van der Waals surface area contributed by atoms with Crippen molar-refractivity contribution in [2.45, 2.75) is 33.2 Å². The van der Waals surface area contributed by atoms with Crippen LogP contribution in [0.25, 0.3) is 10.9 Å². The van der Waals surface area contributed by atoms with Crippen molar-refractivity contribution in [1.82, 2.24) is 9.47 Å². The van der Waals surface area contributed by atoms with Crippen molar-refractivity contribution < 1.29 is 14.0 Å². The van der Waals surface area contributed by atoms with Crippen LogP contribution in [-0.4, -0.2) is 27.8 Å². The fourth-order valence-electron chi connectivity index (χ4n) is 4.57. The molecule has 0 saturated heterocycles. The predicted molar refractivity (Wildman–Crippen MR) is 110 cm³/mol. The number of furan rings is 1. The van der Waals surface area contributed by atoms with Crippen molar-refractivity contribution in [2.24, 2.45) is 5.92 Å². The first kappa shape index (κ1) is 17.8. The van der Waals surface area contributed by atoms with E-state index in [-0.39, 0.29) is 24.3 Å². The summed E-state index contributed by atoms with van der Waals surface area (Å²) < 4.78 is 8.04. The summed E-state index contributed by atoms with van der Waals surface area (Å²) in [5.74, 6) is 0.330. The number of aromatic nitrogens is 1. The summed E-state index contributed by atoms with van der Waals surface area (Å²) >= 11 is 0. The van der Waals surface area contributed by atoms with Gasteiger partial charge in [0.25, 0.3) is 5.91 Å². The molecule has 0 bridgehead atoms. The maximum atomic E-state index is 13.3. The van der Waals surface area contributed by atoms with Crippen molar-refractivity contribution in [3.63, 3.8) is 0 Å². The highest BCUT2D eigenvalue weighted by Crippen LogP contribution is 2.46. The number of imide groups is 1. The highest BCUT2D eigenvalue weighted by atomic mass is 16.3.